The zero-order valence-electron chi connectivity index (χ0n) is 9.92. The van der Waals surface area contributed by atoms with Crippen LogP contribution in [-0.4, -0.2) is 12.6 Å². The molecule has 0 bridgehead atoms. The summed E-state index contributed by atoms with van der Waals surface area (Å²) in [6.45, 7) is 5.98. The fourth-order valence-corrected chi connectivity index (χ4v) is 1.52. The quantitative estimate of drug-likeness (QED) is 0.735. The molecule has 0 saturated heterocycles. The van der Waals surface area contributed by atoms with Gasteiger partial charge in [0.15, 0.2) is 0 Å². The van der Waals surface area contributed by atoms with Crippen molar-refractivity contribution in [2.24, 2.45) is 0 Å². The highest BCUT2D eigenvalue weighted by Gasteiger charge is 2.10. The Hall–Kier alpha value is -1.38. The van der Waals surface area contributed by atoms with E-state index in [0.717, 1.165) is 5.56 Å². The van der Waals surface area contributed by atoms with E-state index in [0.29, 0.717) is 12.2 Å². The molecule has 0 aromatic heterocycles. The molecule has 0 fully saturated rings. The minimum absolute atomic E-state index is 0.113. The van der Waals surface area contributed by atoms with Crippen molar-refractivity contribution in [2.45, 2.75) is 33.1 Å². The summed E-state index contributed by atoms with van der Waals surface area (Å²) in [6, 6.07) is 4.76. The van der Waals surface area contributed by atoms with Crippen LogP contribution >= 0.6 is 0 Å². The molecule has 1 aromatic carbocycles. The van der Waals surface area contributed by atoms with E-state index in [4.69, 9.17) is 4.74 Å². The summed E-state index contributed by atoms with van der Waals surface area (Å²) in [5.41, 5.74) is 1.44. The second-order valence-corrected chi connectivity index (χ2v) is 3.99. The fraction of sp³-hybridized carbons (Fsp3) is 0.462. The SMILES string of the molecule is CCOC(=O)Cc1ccc(F)c(C(C)C)c1. The van der Waals surface area contributed by atoms with Crippen LogP contribution in [0.25, 0.3) is 0 Å². The second kappa shape index (κ2) is 5.64. The van der Waals surface area contributed by atoms with Crippen molar-refractivity contribution in [1.82, 2.24) is 0 Å². The highest BCUT2D eigenvalue weighted by Crippen LogP contribution is 2.20. The highest BCUT2D eigenvalue weighted by atomic mass is 19.1. The van der Waals surface area contributed by atoms with Gasteiger partial charge in [-0.25, -0.2) is 4.39 Å². The summed E-state index contributed by atoms with van der Waals surface area (Å²) in [5, 5.41) is 0. The topological polar surface area (TPSA) is 26.3 Å². The lowest BCUT2D eigenvalue weighted by molar-refractivity contribution is -0.142. The van der Waals surface area contributed by atoms with Gasteiger partial charge in [-0.05, 0) is 30.0 Å². The first-order valence-corrected chi connectivity index (χ1v) is 5.48. The first kappa shape index (κ1) is 12.7. The second-order valence-electron chi connectivity index (χ2n) is 3.99. The molecular weight excluding hydrogens is 207 g/mol. The Morgan fingerprint density at radius 2 is 2.12 bits per heavy atom. The van der Waals surface area contributed by atoms with E-state index >= 15 is 0 Å². The van der Waals surface area contributed by atoms with Gasteiger partial charge < -0.3 is 4.74 Å². The number of hydrogen-bond donors (Lipinski definition) is 0. The Labute approximate surface area is 95.4 Å². The molecule has 0 atom stereocenters. The Kier molecular flexibility index (Phi) is 4.47. The maximum atomic E-state index is 13.4. The number of benzene rings is 1. The van der Waals surface area contributed by atoms with Gasteiger partial charge in [-0.3, -0.25) is 4.79 Å². The van der Waals surface area contributed by atoms with Gasteiger partial charge >= 0.3 is 5.97 Å². The molecule has 2 nitrogen and oxygen atoms in total. The average Bonchev–Trinajstić information content (AvgIpc) is 2.21. The van der Waals surface area contributed by atoms with Gasteiger partial charge in [-0.15, -0.1) is 0 Å². The van der Waals surface area contributed by atoms with Gasteiger partial charge in [0.2, 0.25) is 0 Å². The highest BCUT2D eigenvalue weighted by molar-refractivity contribution is 5.72. The van der Waals surface area contributed by atoms with E-state index in [2.05, 4.69) is 0 Å². The van der Waals surface area contributed by atoms with Crippen LogP contribution in [0.5, 0.6) is 0 Å². The number of carbonyl (C=O) groups excluding carboxylic acids is 1. The molecule has 0 aliphatic rings. The molecule has 88 valence electrons. The lowest BCUT2D eigenvalue weighted by Crippen LogP contribution is -2.08. The van der Waals surface area contributed by atoms with Gasteiger partial charge in [-0.2, -0.15) is 0 Å². The van der Waals surface area contributed by atoms with Gasteiger partial charge in [0.1, 0.15) is 5.82 Å². The van der Waals surface area contributed by atoms with Crippen molar-refractivity contribution in [3.8, 4) is 0 Å². The summed E-state index contributed by atoms with van der Waals surface area (Å²) in [6.07, 6.45) is 0.202. The maximum Gasteiger partial charge on any atom is 0.310 e. The summed E-state index contributed by atoms with van der Waals surface area (Å²) in [4.78, 5) is 11.3. The van der Waals surface area contributed by atoms with Crippen molar-refractivity contribution >= 4 is 5.97 Å². The van der Waals surface area contributed by atoms with Crippen molar-refractivity contribution in [3.05, 3.63) is 35.1 Å². The van der Waals surface area contributed by atoms with Crippen LogP contribution in [-0.2, 0) is 16.0 Å². The fourth-order valence-electron chi connectivity index (χ4n) is 1.52. The van der Waals surface area contributed by atoms with E-state index in [9.17, 15) is 9.18 Å². The van der Waals surface area contributed by atoms with Crippen LogP contribution in [0, 0.1) is 5.82 Å². The number of esters is 1. The molecule has 3 heteroatoms. The van der Waals surface area contributed by atoms with E-state index < -0.39 is 0 Å². The molecule has 1 aromatic rings. The molecule has 0 radical (unpaired) electrons. The number of carbonyl (C=O) groups is 1. The molecule has 0 heterocycles. The zero-order valence-corrected chi connectivity index (χ0v) is 9.92. The number of rotatable bonds is 4. The van der Waals surface area contributed by atoms with E-state index in [1.54, 1.807) is 19.1 Å². The molecule has 1 rings (SSSR count). The number of ether oxygens (including phenoxy) is 1. The molecular formula is C13H17FO2. The molecule has 0 saturated carbocycles. The molecule has 0 N–H and O–H groups in total. The van der Waals surface area contributed by atoms with E-state index in [1.165, 1.54) is 6.07 Å². The third-order valence-corrected chi connectivity index (χ3v) is 2.34. The van der Waals surface area contributed by atoms with Crippen LogP contribution < -0.4 is 0 Å². The van der Waals surface area contributed by atoms with E-state index in [1.807, 2.05) is 13.8 Å². The Morgan fingerprint density at radius 3 is 2.69 bits per heavy atom. The average molecular weight is 224 g/mol. The largest absolute Gasteiger partial charge is 0.466 e. The molecule has 16 heavy (non-hydrogen) atoms. The van der Waals surface area contributed by atoms with Crippen LogP contribution in [0.2, 0.25) is 0 Å². The molecule has 0 aliphatic heterocycles. The van der Waals surface area contributed by atoms with Gasteiger partial charge in [0.25, 0.3) is 0 Å². The van der Waals surface area contributed by atoms with Crippen molar-refractivity contribution in [1.29, 1.82) is 0 Å². The molecule has 0 unspecified atom stereocenters. The Bertz CT molecular complexity index is 372. The number of halogens is 1. The summed E-state index contributed by atoms with van der Waals surface area (Å²) < 4.78 is 18.2. The van der Waals surface area contributed by atoms with Crippen LogP contribution in [0.4, 0.5) is 4.39 Å². The van der Waals surface area contributed by atoms with Gasteiger partial charge in [0.05, 0.1) is 13.0 Å². The Morgan fingerprint density at radius 1 is 1.44 bits per heavy atom. The normalized spacial score (nSPS) is 10.6. The standard InChI is InChI=1S/C13H17FO2/c1-4-16-13(15)8-10-5-6-12(14)11(7-10)9(2)3/h5-7,9H,4,8H2,1-3H3. The zero-order chi connectivity index (χ0) is 12.1. The molecule has 0 aliphatic carbocycles. The minimum Gasteiger partial charge on any atom is -0.466 e. The predicted octanol–water partition coefficient (Wildman–Crippen LogP) is 3.05. The van der Waals surface area contributed by atoms with E-state index in [-0.39, 0.29) is 24.1 Å². The summed E-state index contributed by atoms with van der Waals surface area (Å²) >= 11 is 0. The van der Waals surface area contributed by atoms with Gasteiger partial charge in [0, 0.05) is 0 Å². The monoisotopic (exact) mass is 224 g/mol. The lowest BCUT2D eigenvalue weighted by atomic mass is 9.99. The third-order valence-electron chi connectivity index (χ3n) is 2.34. The Balaban J connectivity index is 2.82. The molecule has 0 amide bonds. The predicted molar refractivity (Wildman–Crippen MR) is 60.8 cm³/mol. The van der Waals surface area contributed by atoms with Crippen molar-refractivity contribution in [2.75, 3.05) is 6.61 Å². The van der Waals surface area contributed by atoms with Crippen LogP contribution in [0.15, 0.2) is 18.2 Å². The molecule has 0 spiro atoms. The maximum absolute atomic E-state index is 13.4. The van der Waals surface area contributed by atoms with Crippen molar-refractivity contribution < 1.29 is 13.9 Å². The summed E-state index contributed by atoms with van der Waals surface area (Å²) in [7, 11) is 0. The van der Waals surface area contributed by atoms with Crippen molar-refractivity contribution in [3.63, 3.8) is 0 Å². The lowest BCUT2D eigenvalue weighted by Gasteiger charge is -2.09. The van der Waals surface area contributed by atoms with Gasteiger partial charge in [-0.1, -0.05) is 26.0 Å². The van der Waals surface area contributed by atoms with Crippen LogP contribution in [0.3, 0.4) is 0 Å². The first-order valence-electron chi connectivity index (χ1n) is 5.48. The number of hydrogen-bond acceptors (Lipinski definition) is 2. The van der Waals surface area contributed by atoms with Crippen LogP contribution in [0.1, 0.15) is 37.8 Å². The summed E-state index contributed by atoms with van der Waals surface area (Å²) in [5.74, 6) is -0.381. The first-order chi connectivity index (χ1) is 7.54. The minimum atomic E-state index is -0.274. The smallest absolute Gasteiger partial charge is 0.310 e. The third kappa shape index (κ3) is 3.33.